The van der Waals surface area contributed by atoms with Crippen LogP contribution in [-0.4, -0.2) is 24.6 Å². The third kappa shape index (κ3) is 3.55. The largest absolute Gasteiger partial charge is 0.360 e. The molecule has 1 atom stereocenters. The standard InChI is InChI=1S/C16H14Cl3N3O/c17-12-3-1-11(2-4-12)16-10-21(20-23)7-8-22(16)15-6-5-13(18)9-14(15)19/h1-6,9,16H,7-8,10H2. The van der Waals surface area contributed by atoms with Gasteiger partial charge >= 0.3 is 0 Å². The van der Waals surface area contributed by atoms with Gasteiger partial charge in [-0.3, -0.25) is 5.01 Å². The molecule has 0 aromatic heterocycles. The minimum atomic E-state index is -0.0441. The molecule has 0 bridgehead atoms. The van der Waals surface area contributed by atoms with Gasteiger partial charge in [0.2, 0.25) is 0 Å². The number of hydrogen-bond donors (Lipinski definition) is 0. The number of nitrogens with zero attached hydrogens (tertiary/aromatic N) is 3. The minimum Gasteiger partial charge on any atom is -0.360 e. The average molecular weight is 371 g/mol. The number of piperazine rings is 1. The van der Waals surface area contributed by atoms with Crippen LogP contribution in [-0.2, 0) is 0 Å². The van der Waals surface area contributed by atoms with Crippen molar-refractivity contribution in [1.82, 2.24) is 5.01 Å². The van der Waals surface area contributed by atoms with Crippen LogP contribution in [0.25, 0.3) is 0 Å². The summed E-state index contributed by atoms with van der Waals surface area (Å²) in [7, 11) is 0. The third-order valence-corrected chi connectivity index (χ3v) is 4.74. The van der Waals surface area contributed by atoms with Crippen LogP contribution in [0.2, 0.25) is 15.1 Å². The van der Waals surface area contributed by atoms with E-state index in [1.54, 1.807) is 6.07 Å². The first-order valence-electron chi connectivity index (χ1n) is 7.14. The van der Waals surface area contributed by atoms with Crippen molar-refractivity contribution < 1.29 is 0 Å². The summed E-state index contributed by atoms with van der Waals surface area (Å²) in [6, 6.07) is 13.0. The Labute approximate surface area is 149 Å². The number of hydrogen-bond acceptors (Lipinski definition) is 3. The van der Waals surface area contributed by atoms with Gasteiger partial charge < -0.3 is 4.90 Å². The van der Waals surface area contributed by atoms with Gasteiger partial charge in [0.05, 0.1) is 35.1 Å². The Kier molecular flexibility index (Phi) is 4.95. The molecule has 0 radical (unpaired) electrons. The zero-order valence-electron chi connectivity index (χ0n) is 12.1. The van der Waals surface area contributed by atoms with Crippen LogP contribution in [0.5, 0.6) is 0 Å². The maximum Gasteiger partial charge on any atom is 0.0736 e. The van der Waals surface area contributed by atoms with E-state index < -0.39 is 0 Å². The van der Waals surface area contributed by atoms with E-state index >= 15 is 0 Å². The Morgan fingerprint density at radius 1 is 0.957 bits per heavy atom. The van der Waals surface area contributed by atoms with Gasteiger partial charge in [0.15, 0.2) is 0 Å². The van der Waals surface area contributed by atoms with Crippen molar-refractivity contribution in [2.75, 3.05) is 24.5 Å². The van der Waals surface area contributed by atoms with Gasteiger partial charge in [0, 0.05) is 16.6 Å². The molecule has 2 aromatic carbocycles. The molecular formula is C16H14Cl3N3O. The van der Waals surface area contributed by atoms with Crippen LogP contribution in [0.15, 0.2) is 47.8 Å². The molecule has 1 aliphatic rings. The molecule has 3 rings (SSSR count). The van der Waals surface area contributed by atoms with Crippen molar-refractivity contribution in [1.29, 1.82) is 0 Å². The van der Waals surface area contributed by atoms with Crippen LogP contribution >= 0.6 is 34.8 Å². The predicted molar refractivity (Wildman–Crippen MR) is 95.4 cm³/mol. The van der Waals surface area contributed by atoms with Gasteiger partial charge in [-0.2, -0.15) is 0 Å². The van der Waals surface area contributed by atoms with E-state index in [0.29, 0.717) is 34.7 Å². The fourth-order valence-corrected chi connectivity index (χ4v) is 3.46. The van der Waals surface area contributed by atoms with Crippen LogP contribution in [0.3, 0.4) is 0 Å². The molecule has 23 heavy (non-hydrogen) atoms. The molecule has 4 nitrogen and oxygen atoms in total. The Morgan fingerprint density at radius 3 is 2.30 bits per heavy atom. The monoisotopic (exact) mass is 369 g/mol. The van der Waals surface area contributed by atoms with E-state index in [2.05, 4.69) is 10.2 Å². The molecule has 1 fully saturated rings. The Balaban J connectivity index is 1.98. The molecule has 0 aliphatic carbocycles. The summed E-state index contributed by atoms with van der Waals surface area (Å²) in [6.45, 7) is 1.68. The molecule has 1 saturated heterocycles. The van der Waals surface area contributed by atoms with Crippen LogP contribution in [0.4, 0.5) is 5.69 Å². The summed E-state index contributed by atoms with van der Waals surface area (Å²) in [5, 5.41) is 6.46. The summed E-state index contributed by atoms with van der Waals surface area (Å²) < 4.78 is 0. The number of nitroso groups, excluding NO2 is 1. The molecule has 1 unspecified atom stereocenters. The molecule has 7 heteroatoms. The summed E-state index contributed by atoms with van der Waals surface area (Å²) >= 11 is 18.3. The van der Waals surface area contributed by atoms with Crippen molar-refractivity contribution in [3.63, 3.8) is 0 Å². The smallest absolute Gasteiger partial charge is 0.0736 e. The van der Waals surface area contributed by atoms with Crippen molar-refractivity contribution in [3.8, 4) is 0 Å². The van der Waals surface area contributed by atoms with Gasteiger partial charge in [0.25, 0.3) is 0 Å². The second-order valence-corrected chi connectivity index (χ2v) is 6.63. The Bertz CT molecular complexity index is 708. The highest BCUT2D eigenvalue weighted by atomic mass is 35.5. The van der Waals surface area contributed by atoms with Gasteiger partial charge in [-0.05, 0) is 35.9 Å². The third-order valence-electron chi connectivity index (χ3n) is 3.95. The average Bonchev–Trinajstić information content (AvgIpc) is 2.55. The lowest BCUT2D eigenvalue weighted by Gasteiger charge is -2.41. The lowest BCUT2D eigenvalue weighted by molar-refractivity contribution is 0.230. The maximum absolute atomic E-state index is 10.9. The van der Waals surface area contributed by atoms with Crippen LogP contribution in [0.1, 0.15) is 11.6 Å². The summed E-state index contributed by atoms with van der Waals surface area (Å²) in [5.41, 5.74) is 1.94. The fourth-order valence-electron chi connectivity index (χ4n) is 2.82. The SMILES string of the molecule is O=NN1CCN(c2ccc(Cl)cc2Cl)C(c2ccc(Cl)cc2)C1. The van der Waals surface area contributed by atoms with E-state index in [1.807, 2.05) is 36.4 Å². The molecule has 1 aliphatic heterocycles. The quantitative estimate of drug-likeness (QED) is 0.697. The zero-order valence-corrected chi connectivity index (χ0v) is 14.4. The highest BCUT2D eigenvalue weighted by Crippen LogP contribution is 2.36. The van der Waals surface area contributed by atoms with Gasteiger partial charge in [0.1, 0.15) is 0 Å². The summed E-state index contributed by atoms with van der Waals surface area (Å²) in [5.74, 6) is 0. The van der Waals surface area contributed by atoms with Gasteiger partial charge in [-0.15, -0.1) is 4.91 Å². The number of benzene rings is 2. The molecule has 0 saturated carbocycles. The zero-order chi connectivity index (χ0) is 16.4. The van der Waals surface area contributed by atoms with Gasteiger partial charge in [-0.1, -0.05) is 46.9 Å². The van der Waals surface area contributed by atoms with Crippen molar-refractivity contribution in [2.24, 2.45) is 5.29 Å². The highest BCUT2D eigenvalue weighted by Gasteiger charge is 2.29. The molecule has 0 N–H and O–H groups in total. The molecular weight excluding hydrogens is 357 g/mol. The summed E-state index contributed by atoms with van der Waals surface area (Å²) in [4.78, 5) is 13.1. The molecule has 2 aromatic rings. The fraction of sp³-hybridized carbons (Fsp3) is 0.250. The Morgan fingerprint density at radius 2 is 1.65 bits per heavy atom. The lowest BCUT2D eigenvalue weighted by Crippen LogP contribution is -2.46. The molecule has 0 spiro atoms. The van der Waals surface area contributed by atoms with Crippen molar-refractivity contribution >= 4 is 40.5 Å². The summed E-state index contributed by atoms with van der Waals surface area (Å²) in [6.07, 6.45) is 0. The first-order chi connectivity index (χ1) is 11.1. The normalized spacial score (nSPS) is 18.1. The number of halogens is 3. The number of anilines is 1. The van der Waals surface area contributed by atoms with E-state index in [0.717, 1.165) is 11.3 Å². The van der Waals surface area contributed by atoms with E-state index in [9.17, 15) is 4.91 Å². The van der Waals surface area contributed by atoms with Crippen molar-refractivity contribution in [2.45, 2.75) is 6.04 Å². The highest BCUT2D eigenvalue weighted by molar-refractivity contribution is 6.36. The Hall–Kier alpha value is -1.49. The first-order valence-corrected chi connectivity index (χ1v) is 8.27. The van der Waals surface area contributed by atoms with Gasteiger partial charge in [-0.25, -0.2) is 0 Å². The lowest BCUT2D eigenvalue weighted by atomic mass is 10.0. The second kappa shape index (κ2) is 6.95. The maximum atomic E-state index is 10.9. The second-order valence-electron chi connectivity index (χ2n) is 5.35. The van der Waals surface area contributed by atoms with Crippen LogP contribution < -0.4 is 4.90 Å². The van der Waals surface area contributed by atoms with E-state index in [4.69, 9.17) is 34.8 Å². The van der Waals surface area contributed by atoms with Crippen molar-refractivity contribution in [3.05, 3.63) is 68.0 Å². The minimum absolute atomic E-state index is 0.0441. The molecule has 1 heterocycles. The molecule has 120 valence electrons. The molecule has 0 amide bonds. The van der Waals surface area contributed by atoms with E-state index in [-0.39, 0.29) is 6.04 Å². The number of rotatable bonds is 3. The predicted octanol–water partition coefficient (Wildman–Crippen LogP) is 5.19. The topological polar surface area (TPSA) is 35.9 Å². The first kappa shape index (κ1) is 16.4. The van der Waals surface area contributed by atoms with Crippen LogP contribution in [0, 0.1) is 4.91 Å². The van der Waals surface area contributed by atoms with E-state index in [1.165, 1.54) is 5.01 Å².